The quantitative estimate of drug-likeness (QED) is 0.400. The van der Waals surface area contributed by atoms with E-state index in [1.54, 1.807) is 23.8 Å². The van der Waals surface area contributed by atoms with Crippen molar-refractivity contribution in [1.82, 2.24) is 14.8 Å². The Bertz CT molecular complexity index is 1290. The van der Waals surface area contributed by atoms with Gasteiger partial charge in [0.25, 0.3) is 0 Å². The molecule has 0 atom stereocenters. The van der Waals surface area contributed by atoms with Crippen molar-refractivity contribution in [3.05, 3.63) is 59.5 Å². The Hall–Kier alpha value is -4.01. The Kier molecular flexibility index (Phi) is 5.72. The molecule has 0 fully saturated rings. The first-order valence-corrected chi connectivity index (χ1v) is 10.2. The summed E-state index contributed by atoms with van der Waals surface area (Å²) in [5.74, 6) is 2.20. The second-order valence-electron chi connectivity index (χ2n) is 7.24. The van der Waals surface area contributed by atoms with Crippen molar-refractivity contribution in [3.8, 4) is 17.2 Å². The zero-order valence-corrected chi connectivity index (χ0v) is 18.1. The van der Waals surface area contributed by atoms with Crippen molar-refractivity contribution in [2.75, 3.05) is 30.5 Å². The van der Waals surface area contributed by atoms with Gasteiger partial charge in [-0.05, 0) is 43.7 Å². The molecule has 0 saturated carbocycles. The summed E-state index contributed by atoms with van der Waals surface area (Å²) in [6.07, 6.45) is 0. The number of benzene rings is 2. The minimum Gasteiger partial charge on any atom is -0.494 e. The molecule has 0 aliphatic rings. The summed E-state index contributed by atoms with van der Waals surface area (Å²) in [5, 5.41) is 13.1. The highest BCUT2D eigenvalue weighted by Gasteiger charge is 2.23. The molecule has 5 N–H and O–H groups in total. The number of nitrogens with zero attached hydrogens (tertiary/aromatic N) is 3. The fourth-order valence-corrected chi connectivity index (χ4v) is 3.76. The van der Waals surface area contributed by atoms with Crippen LogP contribution < -0.4 is 26.3 Å². The Labute approximate surface area is 185 Å². The Morgan fingerprint density at radius 1 is 1.06 bits per heavy atom. The first-order valence-electron chi connectivity index (χ1n) is 10.2. The van der Waals surface area contributed by atoms with E-state index in [2.05, 4.69) is 15.5 Å². The number of halogens is 1. The monoisotopic (exact) mass is 436 g/mol. The summed E-state index contributed by atoms with van der Waals surface area (Å²) >= 11 is 0. The van der Waals surface area contributed by atoms with Crippen molar-refractivity contribution in [2.45, 2.75) is 20.4 Å². The van der Waals surface area contributed by atoms with Crippen LogP contribution in [0.15, 0.2) is 42.5 Å². The number of hydrogen-bond acceptors (Lipinski definition) is 7. The number of ether oxygens (including phenoxy) is 2. The maximum atomic E-state index is 13.5. The van der Waals surface area contributed by atoms with E-state index in [1.807, 2.05) is 32.0 Å². The highest BCUT2D eigenvalue weighted by Crippen LogP contribution is 2.41. The van der Waals surface area contributed by atoms with Crippen LogP contribution >= 0.6 is 0 Å². The minimum absolute atomic E-state index is 0.304. The van der Waals surface area contributed by atoms with Gasteiger partial charge in [0.1, 0.15) is 29.0 Å². The van der Waals surface area contributed by atoms with Crippen molar-refractivity contribution in [1.29, 1.82) is 0 Å². The van der Waals surface area contributed by atoms with Gasteiger partial charge in [0, 0.05) is 12.6 Å². The van der Waals surface area contributed by atoms with E-state index in [9.17, 15) is 4.39 Å². The van der Waals surface area contributed by atoms with Crippen molar-refractivity contribution in [3.63, 3.8) is 0 Å². The van der Waals surface area contributed by atoms with E-state index in [0.29, 0.717) is 64.3 Å². The molecule has 166 valence electrons. The third kappa shape index (κ3) is 3.73. The molecule has 0 aliphatic heterocycles. The van der Waals surface area contributed by atoms with E-state index in [0.717, 1.165) is 5.56 Å². The first kappa shape index (κ1) is 21.2. The summed E-state index contributed by atoms with van der Waals surface area (Å²) in [7, 11) is 1.57. The molecule has 32 heavy (non-hydrogen) atoms. The molecule has 0 spiro atoms. The second kappa shape index (κ2) is 8.62. The van der Waals surface area contributed by atoms with Crippen LogP contribution in [0.4, 0.5) is 21.8 Å². The van der Waals surface area contributed by atoms with Crippen LogP contribution in [-0.2, 0) is 6.54 Å². The molecule has 0 saturated heterocycles. The summed E-state index contributed by atoms with van der Waals surface area (Å²) in [5.41, 5.74) is 15.2. The standard InChI is InChI=1S/C23H25FN6O2/c1-4-32-16-8-9-17(18(11-16)31-3)30-21(25)19-13(2)28-29-23(20(19)22(30)26)27-12-14-6-5-7-15(24)10-14/h5-11H,4,12,25-26H2,1-3H3,(H,27,29). The number of aromatic nitrogens is 3. The Morgan fingerprint density at radius 2 is 1.84 bits per heavy atom. The summed E-state index contributed by atoms with van der Waals surface area (Å²) in [6.45, 7) is 4.62. The number of nitrogens with one attached hydrogen (secondary N) is 1. The Balaban J connectivity index is 1.82. The Morgan fingerprint density at radius 3 is 2.56 bits per heavy atom. The lowest BCUT2D eigenvalue weighted by Gasteiger charge is -2.14. The minimum atomic E-state index is -0.304. The lowest BCUT2D eigenvalue weighted by molar-refractivity contribution is 0.336. The lowest BCUT2D eigenvalue weighted by Crippen LogP contribution is -2.06. The number of nitrogen functional groups attached to an aromatic ring is 2. The third-order valence-corrected chi connectivity index (χ3v) is 5.19. The van der Waals surface area contributed by atoms with Crippen LogP contribution in [0.5, 0.6) is 11.5 Å². The summed E-state index contributed by atoms with van der Waals surface area (Å²) in [4.78, 5) is 0. The van der Waals surface area contributed by atoms with Gasteiger partial charge in [-0.1, -0.05) is 12.1 Å². The van der Waals surface area contributed by atoms with Crippen molar-refractivity contribution >= 4 is 28.2 Å². The van der Waals surface area contributed by atoms with Gasteiger partial charge in [-0.2, -0.15) is 5.10 Å². The summed E-state index contributed by atoms with van der Waals surface area (Å²) < 4.78 is 26.4. The van der Waals surface area contributed by atoms with Gasteiger partial charge >= 0.3 is 0 Å². The average molecular weight is 436 g/mol. The topological polar surface area (TPSA) is 113 Å². The number of methoxy groups -OCH3 is 1. The number of anilines is 3. The van der Waals surface area contributed by atoms with Gasteiger partial charge in [-0.3, -0.25) is 4.57 Å². The molecule has 0 radical (unpaired) electrons. The largest absolute Gasteiger partial charge is 0.494 e. The third-order valence-electron chi connectivity index (χ3n) is 5.19. The molecule has 9 heteroatoms. The van der Waals surface area contributed by atoms with Gasteiger partial charge in [0.2, 0.25) is 0 Å². The molecule has 4 aromatic rings. The second-order valence-corrected chi connectivity index (χ2v) is 7.24. The van der Waals surface area contributed by atoms with Crippen LogP contribution in [0.25, 0.3) is 16.5 Å². The van der Waals surface area contributed by atoms with E-state index < -0.39 is 0 Å². The van der Waals surface area contributed by atoms with Gasteiger partial charge in [-0.15, -0.1) is 5.10 Å². The predicted molar refractivity (Wildman–Crippen MR) is 124 cm³/mol. The van der Waals surface area contributed by atoms with Crippen molar-refractivity contribution in [2.24, 2.45) is 0 Å². The van der Waals surface area contributed by atoms with Crippen LogP contribution in [0.3, 0.4) is 0 Å². The molecule has 0 amide bonds. The summed E-state index contributed by atoms with van der Waals surface area (Å²) in [6, 6.07) is 11.8. The zero-order chi connectivity index (χ0) is 22.8. The van der Waals surface area contributed by atoms with Crippen LogP contribution in [-0.4, -0.2) is 28.5 Å². The molecular formula is C23H25FN6O2. The predicted octanol–water partition coefficient (Wildman–Crippen LogP) is 4.05. The molecule has 8 nitrogen and oxygen atoms in total. The maximum absolute atomic E-state index is 13.5. The molecule has 2 heterocycles. The fraction of sp³-hybridized carbons (Fsp3) is 0.217. The maximum Gasteiger partial charge on any atom is 0.160 e. The number of fused-ring (bicyclic) bond motifs is 1. The van der Waals surface area contributed by atoms with Crippen LogP contribution in [0, 0.1) is 12.7 Å². The van der Waals surface area contributed by atoms with Crippen molar-refractivity contribution < 1.29 is 13.9 Å². The highest BCUT2D eigenvalue weighted by atomic mass is 19.1. The number of nitrogens with two attached hydrogens (primary N) is 2. The molecule has 0 aliphatic carbocycles. The SMILES string of the molecule is CCOc1ccc(-n2c(N)c3c(C)nnc(NCc4cccc(F)c4)c3c2N)c(OC)c1. The molecule has 0 bridgehead atoms. The number of hydrogen-bond donors (Lipinski definition) is 3. The molecule has 2 aromatic heterocycles. The average Bonchev–Trinajstić information content (AvgIpc) is 3.05. The van der Waals surface area contributed by atoms with Crippen LogP contribution in [0.1, 0.15) is 18.2 Å². The molecular weight excluding hydrogens is 411 g/mol. The number of rotatable bonds is 7. The van der Waals surface area contributed by atoms with E-state index in [4.69, 9.17) is 20.9 Å². The van der Waals surface area contributed by atoms with E-state index in [-0.39, 0.29) is 5.82 Å². The zero-order valence-electron chi connectivity index (χ0n) is 18.1. The van der Waals surface area contributed by atoms with Gasteiger partial charge in [-0.25, -0.2) is 4.39 Å². The normalized spacial score (nSPS) is 11.0. The lowest BCUT2D eigenvalue weighted by atomic mass is 10.2. The fourth-order valence-electron chi connectivity index (χ4n) is 3.76. The molecule has 0 unspecified atom stereocenters. The molecule has 2 aromatic carbocycles. The van der Waals surface area contributed by atoms with Gasteiger partial charge < -0.3 is 26.3 Å². The van der Waals surface area contributed by atoms with Gasteiger partial charge in [0.15, 0.2) is 5.82 Å². The van der Waals surface area contributed by atoms with Gasteiger partial charge in [0.05, 0.1) is 35.9 Å². The smallest absolute Gasteiger partial charge is 0.160 e. The number of aryl methyl sites for hydroxylation is 1. The van der Waals surface area contributed by atoms with Crippen LogP contribution in [0.2, 0.25) is 0 Å². The highest BCUT2D eigenvalue weighted by molar-refractivity contribution is 6.08. The molecule has 4 rings (SSSR count). The van der Waals surface area contributed by atoms with E-state index in [1.165, 1.54) is 12.1 Å². The first-order chi connectivity index (χ1) is 15.4. The van der Waals surface area contributed by atoms with E-state index >= 15 is 0 Å².